The predicted octanol–water partition coefficient (Wildman–Crippen LogP) is 2.26. The van der Waals surface area contributed by atoms with Gasteiger partial charge in [0.2, 0.25) is 0 Å². The van der Waals surface area contributed by atoms with Crippen LogP contribution in [0, 0.1) is 0 Å². The molecule has 0 aromatic rings. The van der Waals surface area contributed by atoms with E-state index in [1.165, 1.54) is 19.3 Å². The van der Waals surface area contributed by atoms with Crippen molar-refractivity contribution < 1.29 is 4.74 Å². The van der Waals surface area contributed by atoms with Gasteiger partial charge in [-0.05, 0) is 47.1 Å². The Morgan fingerprint density at radius 2 is 1.94 bits per heavy atom. The molecule has 1 atom stereocenters. The third-order valence-electron chi connectivity index (χ3n) is 4.22. The first-order valence-corrected chi connectivity index (χ1v) is 7.01. The van der Waals surface area contributed by atoms with E-state index >= 15 is 0 Å². The number of nitrogens with zero attached hydrogens (tertiary/aromatic N) is 1. The van der Waals surface area contributed by atoms with Crippen molar-refractivity contribution in [2.75, 3.05) is 26.8 Å². The summed E-state index contributed by atoms with van der Waals surface area (Å²) in [4.78, 5) is 2.52. The predicted molar refractivity (Wildman–Crippen MR) is 73.4 cm³/mol. The summed E-state index contributed by atoms with van der Waals surface area (Å²) in [5.74, 6) is 0. The van der Waals surface area contributed by atoms with E-state index in [9.17, 15) is 0 Å². The molecule has 102 valence electrons. The quantitative estimate of drug-likeness (QED) is 0.773. The summed E-state index contributed by atoms with van der Waals surface area (Å²) >= 11 is 0. The number of rotatable bonds is 6. The zero-order valence-corrected chi connectivity index (χ0v) is 12.3. The van der Waals surface area contributed by atoms with Crippen LogP contribution in [0.1, 0.15) is 47.0 Å². The molecule has 1 unspecified atom stereocenters. The molecule has 1 N–H and O–H groups in total. The van der Waals surface area contributed by atoms with Crippen LogP contribution in [0.15, 0.2) is 0 Å². The van der Waals surface area contributed by atoms with Crippen molar-refractivity contribution in [2.24, 2.45) is 0 Å². The van der Waals surface area contributed by atoms with Crippen LogP contribution in [0.25, 0.3) is 0 Å². The molecule has 1 rings (SSSR count). The zero-order valence-electron chi connectivity index (χ0n) is 12.3. The minimum Gasteiger partial charge on any atom is -0.381 e. The highest BCUT2D eigenvalue weighted by molar-refractivity contribution is 4.81. The largest absolute Gasteiger partial charge is 0.381 e. The molecule has 17 heavy (non-hydrogen) atoms. The first-order valence-electron chi connectivity index (χ1n) is 7.01. The Balaban J connectivity index is 2.33. The van der Waals surface area contributed by atoms with Crippen molar-refractivity contribution in [2.45, 2.75) is 64.6 Å². The molecule has 0 radical (unpaired) electrons. The fraction of sp³-hybridized carbons (Fsp3) is 1.00. The number of hydrogen-bond donors (Lipinski definition) is 1. The molecule has 0 amide bonds. The van der Waals surface area contributed by atoms with Gasteiger partial charge < -0.3 is 10.1 Å². The lowest BCUT2D eigenvalue weighted by atomic mass is 10.0. The summed E-state index contributed by atoms with van der Waals surface area (Å²) in [5, 5.41) is 3.66. The summed E-state index contributed by atoms with van der Waals surface area (Å²) in [6.07, 6.45) is 3.52. The molecule has 1 aliphatic rings. The minimum atomic E-state index is 0.255. The molecule has 1 fully saturated rings. The van der Waals surface area contributed by atoms with Gasteiger partial charge in [-0.15, -0.1) is 0 Å². The third-order valence-corrected chi connectivity index (χ3v) is 4.22. The Morgan fingerprint density at radius 3 is 2.47 bits per heavy atom. The van der Waals surface area contributed by atoms with E-state index in [1.807, 2.05) is 0 Å². The SMILES string of the molecule is CCC(C)(C)NCC(C)N(C)C1CCOCC1. The van der Waals surface area contributed by atoms with Gasteiger partial charge in [0, 0.05) is 37.4 Å². The van der Waals surface area contributed by atoms with Crippen molar-refractivity contribution in [3.8, 4) is 0 Å². The van der Waals surface area contributed by atoms with Crippen LogP contribution >= 0.6 is 0 Å². The maximum absolute atomic E-state index is 5.42. The van der Waals surface area contributed by atoms with Crippen LogP contribution in [-0.2, 0) is 4.74 Å². The Bertz CT molecular complexity index is 212. The maximum atomic E-state index is 5.42. The molecule has 0 saturated carbocycles. The zero-order chi connectivity index (χ0) is 12.9. The third kappa shape index (κ3) is 4.94. The highest BCUT2D eigenvalue weighted by atomic mass is 16.5. The summed E-state index contributed by atoms with van der Waals surface area (Å²) in [5.41, 5.74) is 0.255. The minimum absolute atomic E-state index is 0.255. The van der Waals surface area contributed by atoms with E-state index in [-0.39, 0.29) is 5.54 Å². The highest BCUT2D eigenvalue weighted by Crippen LogP contribution is 2.15. The summed E-state index contributed by atoms with van der Waals surface area (Å²) in [6, 6.07) is 1.29. The molecular formula is C14H30N2O. The van der Waals surface area contributed by atoms with E-state index in [4.69, 9.17) is 4.74 Å². The number of ether oxygens (including phenoxy) is 1. The molecular weight excluding hydrogens is 212 g/mol. The van der Waals surface area contributed by atoms with Crippen LogP contribution in [-0.4, -0.2) is 49.3 Å². The molecule has 1 aliphatic heterocycles. The summed E-state index contributed by atoms with van der Waals surface area (Å²) < 4.78 is 5.42. The van der Waals surface area contributed by atoms with Crippen LogP contribution in [0.4, 0.5) is 0 Å². The van der Waals surface area contributed by atoms with Crippen molar-refractivity contribution in [3.05, 3.63) is 0 Å². The van der Waals surface area contributed by atoms with Crippen LogP contribution in [0.5, 0.6) is 0 Å². The first-order chi connectivity index (χ1) is 7.96. The van der Waals surface area contributed by atoms with Gasteiger partial charge in [0.15, 0.2) is 0 Å². The molecule has 1 saturated heterocycles. The first kappa shape index (κ1) is 14.9. The number of likely N-dealkylation sites (N-methyl/N-ethyl adjacent to an activating group) is 1. The second kappa shape index (κ2) is 6.72. The smallest absolute Gasteiger partial charge is 0.0480 e. The average Bonchev–Trinajstić information content (AvgIpc) is 2.36. The summed E-state index contributed by atoms with van der Waals surface area (Å²) in [7, 11) is 2.25. The average molecular weight is 242 g/mol. The maximum Gasteiger partial charge on any atom is 0.0480 e. The molecule has 0 aromatic carbocycles. The number of nitrogens with one attached hydrogen (secondary N) is 1. The van der Waals surface area contributed by atoms with E-state index in [0.29, 0.717) is 12.1 Å². The van der Waals surface area contributed by atoms with E-state index in [0.717, 1.165) is 19.8 Å². The van der Waals surface area contributed by atoms with Crippen molar-refractivity contribution in [1.29, 1.82) is 0 Å². The van der Waals surface area contributed by atoms with Gasteiger partial charge in [-0.25, -0.2) is 0 Å². The standard InChI is InChI=1S/C14H30N2O/c1-6-14(3,4)15-11-12(2)16(5)13-7-9-17-10-8-13/h12-13,15H,6-11H2,1-5H3. The Morgan fingerprint density at radius 1 is 1.35 bits per heavy atom. The van der Waals surface area contributed by atoms with Gasteiger partial charge in [0.25, 0.3) is 0 Å². The Kier molecular flexibility index (Phi) is 5.90. The number of hydrogen-bond acceptors (Lipinski definition) is 3. The van der Waals surface area contributed by atoms with Gasteiger partial charge in [-0.2, -0.15) is 0 Å². The lowest BCUT2D eigenvalue weighted by Gasteiger charge is -2.37. The van der Waals surface area contributed by atoms with Gasteiger partial charge >= 0.3 is 0 Å². The van der Waals surface area contributed by atoms with Crippen LogP contribution < -0.4 is 5.32 Å². The van der Waals surface area contributed by atoms with Crippen LogP contribution in [0.3, 0.4) is 0 Å². The molecule has 0 aliphatic carbocycles. The van der Waals surface area contributed by atoms with Crippen molar-refractivity contribution in [3.63, 3.8) is 0 Å². The molecule has 3 heteroatoms. The van der Waals surface area contributed by atoms with Gasteiger partial charge in [-0.3, -0.25) is 4.90 Å². The van der Waals surface area contributed by atoms with Gasteiger partial charge in [-0.1, -0.05) is 6.92 Å². The second-order valence-corrected chi connectivity index (χ2v) is 5.98. The lowest BCUT2D eigenvalue weighted by molar-refractivity contribution is 0.0302. The molecule has 3 nitrogen and oxygen atoms in total. The van der Waals surface area contributed by atoms with E-state index < -0.39 is 0 Å². The van der Waals surface area contributed by atoms with Crippen molar-refractivity contribution >= 4 is 0 Å². The fourth-order valence-electron chi connectivity index (χ4n) is 2.15. The monoisotopic (exact) mass is 242 g/mol. The molecule has 0 bridgehead atoms. The van der Waals surface area contributed by atoms with Gasteiger partial charge in [0.05, 0.1) is 0 Å². The molecule has 0 aromatic heterocycles. The topological polar surface area (TPSA) is 24.5 Å². The van der Waals surface area contributed by atoms with E-state index in [2.05, 4.69) is 45.0 Å². The fourth-order valence-corrected chi connectivity index (χ4v) is 2.15. The lowest BCUT2D eigenvalue weighted by Crippen LogP contribution is -2.50. The van der Waals surface area contributed by atoms with E-state index in [1.54, 1.807) is 0 Å². The molecule has 1 heterocycles. The Labute approximate surface area is 107 Å². The van der Waals surface area contributed by atoms with Crippen molar-refractivity contribution in [1.82, 2.24) is 10.2 Å². The normalized spacial score (nSPS) is 20.8. The Hall–Kier alpha value is -0.120. The van der Waals surface area contributed by atoms with Gasteiger partial charge in [0.1, 0.15) is 0 Å². The highest BCUT2D eigenvalue weighted by Gasteiger charge is 2.23. The summed E-state index contributed by atoms with van der Waals surface area (Å²) in [6.45, 7) is 12.0. The molecule has 0 spiro atoms. The van der Waals surface area contributed by atoms with Crippen LogP contribution in [0.2, 0.25) is 0 Å². The second-order valence-electron chi connectivity index (χ2n) is 5.98.